The average Bonchev–Trinajstić information content (AvgIpc) is 2.17. The third-order valence-electron chi connectivity index (χ3n) is 2.73. The minimum atomic E-state index is -0.928. The van der Waals surface area contributed by atoms with Crippen LogP contribution in [0.2, 0.25) is 0 Å². The highest BCUT2D eigenvalue weighted by atomic mass is 16.6. The van der Waals surface area contributed by atoms with Crippen molar-refractivity contribution in [2.45, 2.75) is 26.4 Å². The second-order valence-corrected chi connectivity index (χ2v) is 4.68. The lowest BCUT2D eigenvalue weighted by Gasteiger charge is -2.28. The van der Waals surface area contributed by atoms with Crippen LogP contribution >= 0.6 is 0 Å². The molecule has 0 saturated carbocycles. The molecule has 1 atom stereocenters. The number of hydrogen-bond donors (Lipinski definition) is 1. The van der Waals surface area contributed by atoms with Gasteiger partial charge in [0.25, 0.3) is 0 Å². The van der Waals surface area contributed by atoms with Crippen molar-refractivity contribution < 1.29 is 10.0 Å². The van der Waals surface area contributed by atoms with Crippen LogP contribution in [0.4, 0.5) is 0 Å². The molecule has 0 aliphatic rings. The van der Waals surface area contributed by atoms with Crippen molar-refractivity contribution in [3.8, 4) is 0 Å². The molecular weight excluding hydrogens is 206 g/mol. The Morgan fingerprint density at radius 3 is 2.44 bits per heavy atom. The monoisotopic (exact) mass is 223 g/mol. The molecule has 1 aromatic carbocycles. The van der Waals surface area contributed by atoms with E-state index >= 15 is 0 Å². The number of aliphatic hydroxyl groups excluding tert-OH is 1. The molecule has 0 saturated heterocycles. The molecule has 1 aromatic rings. The van der Waals surface area contributed by atoms with Gasteiger partial charge >= 0.3 is 0 Å². The number of aliphatic hydroxyl groups is 1. The zero-order chi connectivity index (χ0) is 12.2. The number of rotatable bonds is 5. The van der Waals surface area contributed by atoms with Gasteiger partial charge in [0.2, 0.25) is 6.54 Å². The molecule has 16 heavy (non-hydrogen) atoms. The third-order valence-corrected chi connectivity index (χ3v) is 2.73. The Balaban J connectivity index is 2.67. The van der Waals surface area contributed by atoms with E-state index in [1.807, 2.05) is 44.2 Å². The van der Waals surface area contributed by atoms with Crippen LogP contribution in [0.25, 0.3) is 0 Å². The molecule has 88 valence electrons. The first-order chi connectivity index (χ1) is 7.42. The Hall–Kier alpha value is -1.42. The lowest BCUT2D eigenvalue weighted by atomic mass is 9.80. The van der Waals surface area contributed by atoms with Crippen molar-refractivity contribution in [2.75, 3.05) is 6.54 Å². The van der Waals surface area contributed by atoms with Crippen LogP contribution in [0, 0.1) is 15.5 Å². The molecule has 4 nitrogen and oxygen atoms in total. The topological polar surface area (TPSA) is 63.4 Å². The number of nitrogens with zero attached hydrogens (tertiary/aromatic N) is 1. The van der Waals surface area contributed by atoms with E-state index in [1.165, 1.54) is 0 Å². The van der Waals surface area contributed by atoms with Crippen LogP contribution in [0.5, 0.6) is 0 Å². The summed E-state index contributed by atoms with van der Waals surface area (Å²) in [5.41, 5.74) is 0.587. The number of hydrogen-bond acceptors (Lipinski definition) is 3. The van der Waals surface area contributed by atoms with E-state index < -0.39 is 23.0 Å². The SMILES string of the molecule is CC(C)(Cc1ccccc1)C(O)C[N+](=O)[O-]. The molecule has 0 fully saturated rings. The smallest absolute Gasteiger partial charge is 0.229 e. The van der Waals surface area contributed by atoms with Crippen LogP contribution in [0.3, 0.4) is 0 Å². The van der Waals surface area contributed by atoms with Crippen LogP contribution in [-0.2, 0) is 6.42 Å². The zero-order valence-corrected chi connectivity index (χ0v) is 9.59. The van der Waals surface area contributed by atoms with Crippen LogP contribution in [0.15, 0.2) is 30.3 Å². The van der Waals surface area contributed by atoms with Gasteiger partial charge in [0.1, 0.15) is 6.10 Å². The predicted octanol–water partition coefficient (Wildman–Crippen LogP) is 1.89. The van der Waals surface area contributed by atoms with Gasteiger partial charge in [-0.2, -0.15) is 0 Å². The highest BCUT2D eigenvalue weighted by Crippen LogP contribution is 2.26. The summed E-state index contributed by atoms with van der Waals surface area (Å²) in [6, 6.07) is 9.68. The summed E-state index contributed by atoms with van der Waals surface area (Å²) < 4.78 is 0. The van der Waals surface area contributed by atoms with Crippen molar-refractivity contribution in [2.24, 2.45) is 5.41 Å². The Labute approximate surface area is 95.1 Å². The molecule has 0 aliphatic carbocycles. The van der Waals surface area contributed by atoms with E-state index in [9.17, 15) is 15.2 Å². The maximum absolute atomic E-state index is 10.4. The maximum atomic E-state index is 10.4. The molecule has 0 aliphatic heterocycles. The summed E-state index contributed by atoms with van der Waals surface area (Å²) >= 11 is 0. The molecule has 1 N–H and O–H groups in total. The summed E-state index contributed by atoms with van der Waals surface area (Å²) in [6.07, 6.45) is -0.300. The molecule has 0 bridgehead atoms. The molecule has 4 heteroatoms. The molecule has 0 aromatic heterocycles. The van der Waals surface area contributed by atoms with Crippen molar-refractivity contribution in [3.05, 3.63) is 46.0 Å². The van der Waals surface area contributed by atoms with E-state index in [0.717, 1.165) is 5.56 Å². The Morgan fingerprint density at radius 2 is 1.94 bits per heavy atom. The molecule has 1 unspecified atom stereocenters. The Bertz CT molecular complexity index is 349. The van der Waals surface area contributed by atoms with E-state index in [2.05, 4.69) is 0 Å². The van der Waals surface area contributed by atoms with Crippen molar-refractivity contribution in [3.63, 3.8) is 0 Å². The first-order valence-electron chi connectivity index (χ1n) is 5.25. The Morgan fingerprint density at radius 1 is 1.38 bits per heavy atom. The second kappa shape index (κ2) is 5.07. The predicted molar refractivity (Wildman–Crippen MR) is 61.8 cm³/mol. The van der Waals surface area contributed by atoms with Gasteiger partial charge < -0.3 is 5.11 Å². The highest BCUT2D eigenvalue weighted by Gasteiger charge is 2.31. The summed E-state index contributed by atoms with van der Waals surface area (Å²) in [7, 11) is 0. The van der Waals surface area contributed by atoms with E-state index in [0.29, 0.717) is 6.42 Å². The molecule has 0 spiro atoms. The lowest BCUT2D eigenvalue weighted by molar-refractivity contribution is -0.494. The lowest BCUT2D eigenvalue weighted by Crippen LogP contribution is -2.37. The van der Waals surface area contributed by atoms with Crippen LogP contribution in [0.1, 0.15) is 19.4 Å². The maximum Gasteiger partial charge on any atom is 0.229 e. The Kier molecular flexibility index (Phi) is 4.01. The van der Waals surface area contributed by atoms with Crippen LogP contribution < -0.4 is 0 Å². The van der Waals surface area contributed by atoms with Gasteiger partial charge in [-0.3, -0.25) is 10.1 Å². The fraction of sp³-hybridized carbons (Fsp3) is 0.500. The summed E-state index contributed by atoms with van der Waals surface area (Å²) in [5.74, 6) is 0. The van der Waals surface area contributed by atoms with Crippen LogP contribution in [-0.4, -0.2) is 22.7 Å². The normalized spacial score (nSPS) is 13.4. The third kappa shape index (κ3) is 3.62. The van der Waals surface area contributed by atoms with E-state index in [4.69, 9.17) is 0 Å². The van der Waals surface area contributed by atoms with Gasteiger partial charge in [0.15, 0.2) is 0 Å². The second-order valence-electron chi connectivity index (χ2n) is 4.68. The van der Waals surface area contributed by atoms with Crippen molar-refractivity contribution in [1.29, 1.82) is 0 Å². The molecule has 1 rings (SSSR count). The van der Waals surface area contributed by atoms with Gasteiger partial charge in [-0.1, -0.05) is 44.2 Å². The van der Waals surface area contributed by atoms with Gasteiger partial charge in [-0.15, -0.1) is 0 Å². The van der Waals surface area contributed by atoms with Gasteiger partial charge in [0.05, 0.1) is 0 Å². The highest BCUT2D eigenvalue weighted by molar-refractivity contribution is 5.16. The minimum Gasteiger partial charge on any atom is -0.386 e. The standard InChI is InChI=1S/C12H17NO3/c1-12(2,11(14)9-13(15)16)8-10-6-4-3-5-7-10/h3-7,11,14H,8-9H2,1-2H3. The summed E-state index contributed by atoms with van der Waals surface area (Å²) in [6.45, 7) is 3.28. The van der Waals surface area contributed by atoms with E-state index in [1.54, 1.807) is 0 Å². The van der Waals surface area contributed by atoms with Crippen molar-refractivity contribution >= 4 is 0 Å². The fourth-order valence-electron chi connectivity index (χ4n) is 1.63. The van der Waals surface area contributed by atoms with E-state index in [-0.39, 0.29) is 0 Å². The number of benzene rings is 1. The van der Waals surface area contributed by atoms with Crippen molar-refractivity contribution in [1.82, 2.24) is 0 Å². The molecular formula is C12H17NO3. The quantitative estimate of drug-likeness (QED) is 0.612. The largest absolute Gasteiger partial charge is 0.386 e. The zero-order valence-electron chi connectivity index (χ0n) is 9.59. The van der Waals surface area contributed by atoms with Gasteiger partial charge in [-0.05, 0) is 12.0 Å². The summed E-state index contributed by atoms with van der Waals surface area (Å²) in [5, 5.41) is 20.1. The van der Waals surface area contributed by atoms with Gasteiger partial charge in [-0.25, -0.2) is 0 Å². The first kappa shape index (κ1) is 12.6. The van der Waals surface area contributed by atoms with Gasteiger partial charge in [0, 0.05) is 10.3 Å². The summed E-state index contributed by atoms with van der Waals surface area (Å²) in [4.78, 5) is 9.88. The number of nitro groups is 1. The fourth-order valence-corrected chi connectivity index (χ4v) is 1.63. The first-order valence-corrected chi connectivity index (χ1v) is 5.25. The molecule has 0 radical (unpaired) electrons. The average molecular weight is 223 g/mol. The molecule has 0 amide bonds. The molecule has 0 heterocycles. The minimum absolute atomic E-state index is 0.403.